The summed E-state index contributed by atoms with van der Waals surface area (Å²) in [5.74, 6) is 0.987. The Morgan fingerprint density at radius 3 is 1.58 bits per heavy atom. The molecule has 1 aliphatic rings. The van der Waals surface area contributed by atoms with Gasteiger partial charge in [0.25, 0.3) is 0 Å². The fraction of sp³-hybridized carbons (Fsp3) is 0.0714. The van der Waals surface area contributed by atoms with E-state index < -0.39 is 8.65 Å². The van der Waals surface area contributed by atoms with Crippen LogP contribution in [0.3, 0.4) is 0 Å². The van der Waals surface area contributed by atoms with Gasteiger partial charge in [0.05, 0.1) is 0 Å². The third-order valence-electron chi connectivity index (χ3n) is 6.24. The molecule has 1 heterocycles. The van der Waals surface area contributed by atoms with Crippen molar-refractivity contribution in [1.29, 1.82) is 0 Å². The maximum atomic E-state index is 6.54. The minimum absolute atomic E-state index is 0.482. The highest BCUT2D eigenvalue weighted by molar-refractivity contribution is 9.10. The number of fused-ring (bicyclic) bond motifs is 3. The highest BCUT2D eigenvalue weighted by Crippen LogP contribution is 2.56. The molecule has 0 fully saturated rings. The van der Waals surface area contributed by atoms with Crippen LogP contribution in [0.4, 0.5) is 0 Å². The summed E-state index contributed by atoms with van der Waals surface area (Å²) in [6, 6.07) is 37.0. The zero-order chi connectivity index (χ0) is 22.5. The van der Waals surface area contributed by atoms with Gasteiger partial charge in [-0.25, -0.2) is 0 Å². The Morgan fingerprint density at radius 2 is 1.06 bits per heavy atom. The molecule has 0 unspecified atom stereocenters. The molecule has 3 nitrogen and oxygen atoms in total. The molecule has 1 aliphatic carbocycles. The molecule has 6 rings (SSSR count). The summed E-state index contributed by atoms with van der Waals surface area (Å²) in [6.45, 7) is 0. The average Bonchev–Trinajstić information content (AvgIpc) is 3.49. The van der Waals surface area contributed by atoms with Crippen LogP contribution < -0.4 is 0 Å². The zero-order valence-electron chi connectivity index (χ0n) is 17.5. The Bertz CT molecular complexity index is 1340. The highest BCUT2D eigenvalue weighted by Gasteiger charge is 2.48. The summed E-state index contributed by atoms with van der Waals surface area (Å²) in [6.07, 6.45) is 0. The van der Waals surface area contributed by atoms with Crippen molar-refractivity contribution in [2.45, 2.75) is 8.65 Å². The van der Waals surface area contributed by atoms with Crippen molar-refractivity contribution in [3.05, 3.63) is 143 Å². The molecule has 5 aromatic rings. The predicted molar refractivity (Wildman–Crippen MR) is 137 cm³/mol. The SMILES string of the molecule is BrC(c1ccccc1)(c1ccccc1)c1nnc(C2(Br)c3ccccc3-c3ccccc32)o1. The lowest BCUT2D eigenvalue weighted by molar-refractivity contribution is 0.427. The van der Waals surface area contributed by atoms with Crippen LogP contribution in [0.25, 0.3) is 11.1 Å². The van der Waals surface area contributed by atoms with Crippen molar-refractivity contribution in [2.24, 2.45) is 0 Å². The van der Waals surface area contributed by atoms with Crippen LogP contribution in [0.2, 0.25) is 0 Å². The summed E-state index contributed by atoms with van der Waals surface area (Å²) < 4.78 is 5.05. The van der Waals surface area contributed by atoms with Gasteiger partial charge in [-0.05, 0) is 33.4 Å². The van der Waals surface area contributed by atoms with E-state index in [4.69, 9.17) is 4.42 Å². The van der Waals surface area contributed by atoms with Gasteiger partial charge in [0.1, 0.15) is 0 Å². The quantitative estimate of drug-likeness (QED) is 0.216. The number of benzene rings is 4. The van der Waals surface area contributed by atoms with Gasteiger partial charge in [0.2, 0.25) is 11.8 Å². The van der Waals surface area contributed by atoms with Crippen molar-refractivity contribution in [3.8, 4) is 11.1 Å². The molecule has 0 saturated heterocycles. The maximum Gasteiger partial charge on any atom is 0.242 e. The topological polar surface area (TPSA) is 38.9 Å². The Kier molecular flexibility index (Phi) is 4.86. The summed E-state index contributed by atoms with van der Waals surface area (Å²) in [5.41, 5.74) is 6.56. The molecule has 0 bridgehead atoms. The van der Waals surface area contributed by atoms with Crippen molar-refractivity contribution in [1.82, 2.24) is 10.2 Å². The molecule has 0 spiro atoms. The molecule has 0 aliphatic heterocycles. The first-order valence-corrected chi connectivity index (χ1v) is 12.2. The second-order valence-electron chi connectivity index (χ2n) is 8.05. The molecule has 0 atom stereocenters. The van der Waals surface area contributed by atoms with Crippen LogP contribution in [0.15, 0.2) is 114 Å². The summed E-state index contributed by atoms with van der Waals surface area (Å²) in [7, 11) is 0. The van der Waals surface area contributed by atoms with E-state index in [-0.39, 0.29) is 0 Å². The normalized spacial score (nSPS) is 14.0. The van der Waals surface area contributed by atoms with Crippen LogP contribution in [-0.4, -0.2) is 10.2 Å². The molecule has 1 aromatic heterocycles. The van der Waals surface area contributed by atoms with Crippen LogP contribution in [0.1, 0.15) is 34.0 Å². The predicted octanol–water partition coefficient (Wildman–Crippen LogP) is 7.42. The Hall–Kier alpha value is -3.02. The van der Waals surface area contributed by atoms with Gasteiger partial charge in [-0.2, -0.15) is 0 Å². The lowest BCUT2D eigenvalue weighted by atomic mass is 9.91. The first-order valence-electron chi connectivity index (χ1n) is 10.7. The number of hydrogen-bond donors (Lipinski definition) is 0. The molecule has 0 radical (unpaired) electrons. The molecule has 0 N–H and O–H groups in total. The van der Waals surface area contributed by atoms with Crippen LogP contribution in [0, 0.1) is 0 Å². The second kappa shape index (κ2) is 7.79. The van der Waals surface area contributed by atoms with E-state index in [2.05, 4.69) is 103 Å². The van der Waals surface area contributed by atoms with E-state index in [9.17, 15) is 0 Å². The molecular weight excluding hydrogens is 540 g/mol. The lowest BCUT2D eigenvalue weighted by Crippen LogP contribution is -2.22. The van der Waals surface area contributed by atoms with E-state index in [0.717, 1.165) is 22.3 Å². The van der Waals surface area contributed by atoms with Gasteiger partial charge >= 0.3 is 0 Å². The van der Waals surface area contributed by atoms with Crippen LogP contribution >= 0.6 is 31.9 Å². The van der Waals surface area contributed by atoms with Gasteiger partial charge in [0.15, 0.2) is 8.65 Å². The zero-order valence-corrected chi connectivity index (χ0v) is 20.6. The first kappa shape index (κ1) is 20.6. The molecular formula is C28H18Br2N2O. The average molecular weight is 558 g/mol. The van der Waals surface area contributed by atoms with Crippen LogP contribution in [0.5, 0.6) is 0 Å². The summed E-state index contributed by atoms with van der Waals surface area (Å²) in [5, 5.41) is 9.17. The van der Waals surface area contributed by atoms with Gasteiger partial charge in [-0.3, -0.25) is 0 Å². The Morgan fingerprint density at radius 1 is 0.606 bits per heavy atom. The van der Waals surface area contributed by atoms with E-state index in [1.54, 1.807) is 0 Å². The van der Waals surface area contributed by atoms with Gasteiger partial charge < -0.3 is 4.42 Å². The van der Waals surface area contributed by atoms with Crippen molar-refractivity contribution in [2.75, 3.05) is 0 Å². The highest BCUT2D eigenvalue weighted by atomic mass is 79.9. The molecule has 4 aromatic carbocycles. The third-order valence-corrected chi connectivity index (χ3v) is 8.69. The standard InChI is InChI=1S/C28H18Br2N2O/c29-27(19-11-3-1-4-12-19,20-13-5-2-6-14-20)25-31-32-26(33-25)28(30)23-17-9-7-15-21(23)22-16-8-10-18-24(22)28/h1-18H. The number of halogens is 2. The maximum absolute atomic E-state index is 6.54. The van der Waals surface area contributed by atoms with E-state index in [1.165, 1.54) is 11.1 Å². The van der Waals surface area contributed by atoms with Crippen molar-refractivity contribution >= 4 is 31.9 Å². The molecule has 0 amide bonds. The van der Waals surface area contributed by atoms with E-state index in [0.29, 0.717) is 11.8 Å². The molecule has 0 saturated carbocycles. The Balaban J connectivity index is 1.56. The van der Waals surface area contributed by atoms with Gasteiger partial charge in [0, 0.05) is 0 Å². The smallest absolute Gasteiger partial charge is 0.242 e. The fourth-order valence-electron chi connectivity index (χ4n) is 4.66. The van der Waals surface area contributed by atoms with Crippen molar-refractivity contribution in [3.63, 3.8) is 0 Å². The number of alkyl halides is 2. The Labute approximate surface area is 208 Å². The lowest BCUT2D eigenvalue weighted by Gasteiger charge is -2.25. The molecule has 33 heavy (non-hydrogen) atoms. The number of rotatable bonds is 4. The number of nitrogens with zero attached hydrogens (tertiary/aromatic N) is 2. The largest absolute Gasteiger partial charge is 0.421 e. The minimum atomic E-state index is -0.776. The first-order chi connectivity index (χ1) is 16.1. The van der Waals surface area contributed by atoms with E-state index >= 15 is 0 Å². The molecule has 160 valence electrons. The van der Waals surface area contributed by atoms with E-state index in [1.807, 2.05) is 48.5 Å². The monoisotopic (exact) mass is 556 g/mol. The fourth-order valence-corrected chi connectivity index (χ4v) is 6.20. The minimum Gasteiger partial charge on any atom is -0.421 e. The van der Waals surface area contributed by atoms with Gasteiger partial charge in [-0.1, -0.05) is 141 Å². The van der Waals surface area contributed by atoms with Crippen LogP contribution in [-0.2, 0) is 8.65 Å². The van der Waals surface area contributed by atoms with Gasteiger partial charge in [-0.15, -0.1) is 10.2 Å². The molecule has 5 heteroatoms. The summed E-state index contributed by atoms with van der Waals surface area (Å²) >= 11 is 8.03. The van der Waals surface area contributed by atoms with Crippen molar-refractivity contribution < 1.29 is 4.42 Å². The number of aromatic nitrogens is 2. The number of hydrogen-bond acceptors (Lipinski definition) is 3. The second-order valence-corrected chi connectivity index (χ2v) is 10.4. The summed E-state index contributed by atoms with van der Waals surface area (Å²) in [4.78, 5) is 0. The third kappa shape index (κ3) is 2.99.